The van der Waals surface area contributed by atoms with E-state index in [-0.39, 0.29) is 23.6 Å². The number of rotatable bonds is 5. The third kappa shape index (κ3) is 3.42. The maximum atomic E-state index is 13.7. The monoisotopic (exact) mass is 442 g/mol. The third-order valence-electron chi connectivity index (χ3n) is 5.92. The van der Waals surface area contributed by atoms with Gasteiger partial charge in [0.15, 0.2) is 16.9 Å². The number of carbonyl (C=O) groups excluding carboxylic acids is 1. The molecule has 3 heterocycles. The molecule has 1 aliphatic rings. The number of aromatic nitrogens is 1. The van der Waals surface area contributed by atoms with Crippen LogP contribution in [0.2, 0.25) is 0 Å². The van der Waals surface area contributed by atoms with Crippen molar-refractivity contribution in [3.63, 3.8) is 0 Å². The maximum Gasteiger partial charge on any atom is 0.291 e. The first-order valence-corrected chi connectivity index (χ1v) is 10.5. The Morgan fingerprint density at radius 3 is 2.58 bits per heavy atom. The molecule has 1 aliphatic heterocycles. The number of fused-ring (bicyclic) bond motifs is 2. The lowest BCUT2D eigenvalue weighted by Crippen LogP contribution is -2.29. The van der Waals surface area contributed by atoms with E-state index in [9.17, 15) is 9.59 Å². The molecule has 2 aromatic carbocycles. The molecule has 1 amide bonds. The summed E-state index contributed by atoms with van der Waals surface area (Å²) in [5.41, 5.74) is 3.02. The number of hydrogen-bond acceptors (Lipinski definition) is 6. The molecule has 7 heteroatoms. The lowest BCUT2D eigenvalue weighted by Gasteiger charge is -2.25. The summed E-state index contributed by atoms with van der Waals surface area (Å²) in [7, 11) is 3.11. The lowest BCUT2D eigenvalue weighted by molar-refractivity contribution is 0.0714. The second-order valence-corrected chi connectivity index (χ2v) is 7.98. The van der Waals surface area contributed by atoms with Gasteiger partial charge in [-0.3, -0.25) is 14.6 Å². The SMILES string of the molecule is COc1ccc([C@H]2c3c(oc4ccc(C)cc4c3=O)C(=O)N2Cc2cccnc2)cc1OC. The minimum absolute atomic E-state index is 0.0695. The first kappa shape index (κ1) is 20.8. The topological polar surface area (TPSA) is 81.9 Å². The van der Waals surface area contributed by atoms with Crippen molar-refractivity contribution in [1.29, 1.82) is 0 Å². The van der Waals surface area contributed by atoms with Gasteiger partial charge in [-0.25, -0.2) is 0 Å². The number of amides is 1. The number of nitrogens with zero attached hydrogens (tertiary/aromatic N) is 2. The fraction of sp³-hybridized carbons (Fsp3) is 0.192. The van der Waals surface area contributed by atoms with Crippen LogP contribution in [0.15, 0.2) is 70.1 Å². The van der Waals surface area contributed by atoms with Gasteiger partial charge in [0.05, 0.1) is 31.2 Å². The highest BCUT2D eigenvalue weighted by Crippen LogP contribution is 2.41. The number of pyridine rings is 1. The molecule has 0 aliphatic carbocycles. The molecular formula is C26H22N2O5. The van der Waals surface area contributed by atoms with Gasteiger partial charge in [0, 0.05) is 18.9 Å². The number of benzene rings is 2. The normalized spacial score (nSPS) is 15.1. The van der Waals surface area contributed by atoms with Crippen molar-refractivity contribution in [3.8, 4) is 11.5 Å². The molecule has 0 N–H and O–H groups in total. The molecule has 0 bridgehead atoms. The van der Waals surface area contributed by atoms with E-state index in [4.69, 9.17) is 13.9 Å². The third-order valence-corrected chi connectivity index (χ3v) is 5.92. The van der Waals surface area contributed by atoms with E-state index in [0.29, 0.717) is 28.0 Å². The molecule has 7 nitrogen and oxygen atoms in total. The van der Waals surface area contributed by atoms with Crippen LogP contribution in [0.1, 0.15) is 38.9 Å². The Hall–Kier alpha value is -4.13. The summed E-state index contributed by atoms with van der Waals surface area (Å²) >= 11 is 0. The molecule has 0 saturated heterocycles. The summed E-state index contributed by atoms with van der Waals surface area (Å²) in [5, 5.41) is 0.454. The van der Waals surface area contributed by atoms with Crippen molar-refractivity contribution in [2.45, 2.75) is 19.5 Å². The van der Waals surface area contributed by atoms with Gasteiger partial charge >= 0.3 is 0 Å². The van der Waals surface area contributed by atoms with Crippen LogP contribution in [0.25, 0.3) is 11.0 Å². The summed E-state index contributed by atoms with van der Waals surface area (Å²) in [6.07, 6.45) is 3.38. The molecule has 0 saturated carbocycles. The van der Waals surface area contributed by atoms with Gasteiger partial charge in [0.1, 0.15) is 5.58 Å². The number of methoxy groups -OCH3 is 2. The van der Waals surface area contributed by atoms with Crippen LogP contribution in [0.5, 0.6) is 11.5 Å². The van der Waals surface area contributed by atoms with Gasteiger partial charge < -0.3 is 18.8 Å². The van der Waals surface area contributed by atoms with E-state index in [1.807, 2.05) is 31.2 Å². The molecule has 33 heavy (non-hydrogen) atoms. The molecular weight excluding hydrogens is 420 g/mol. The van der Waals surface area contributed by atoms with Crippen LogP contribution >= 0.6 is 0 Å². The summed E-state index contributed by atoms with van der Waals surface area (Å²) in [6, 6.07) is 13.8. The largest absolute Gasteiger partial charge is 0.493 e. The molecule has 1 atom stereocenters. The van der Waals surface area contributed by atoms with E-state index in [0.717, 1.165) is 16.7 Å². The molecule has 0 fully saturated rings. The minimum atomic E-state index is -0.645. The van der Waals surface area contributed by atoms with Crippen molar-refractivity contribution >= 4 is 16.9 Å². The van der Waals surface area contributed by atoms with Crippen LogP contribution < -0.4 is 14.9 Å². The predicted octanol–water partition coefficient (Wildman–Crippen LogP) is 4.26. The molecule has 5 rings (SSSR count). The first-order chi connectivity index (χ1) is 16.0. The summed E-state index contributed by atoms with van der Waals surface area (Å²) in [5.74, 6) is 0.803. The highest BCUT2D eigenvalue weighted by atomic mass is 16.5. The second-order valence-electron chi connectivity index (χ2n) is 7.98. The quantitative estimate of drug-likeness (QED) is 0.459. The Balaban J connectivity index is 1.74. The van der Waals surface area contributed by atoms with Gasteiger partial charge in [-0.15, -0.1) is 0 Å². The smallest absolute Gasteiger partial charge is 0.291 e. The average Bonchev–Trinajstić information content (AvgIpc) is 3.11. The van der Waals surface area contributed by atoms with Gasteiger partial charge in [0.25, 0.3) is 5.91 Å². The predicted molar refractivity (Wildman–Crippen MR) is 123 cm³/mol. The zero-order valence-corrected chi connectivity index (χ0v) is 18.5. The Morgan fingerprint density at radius 2 is 1.85 bits per heavy atom. The van der Waals surface area contributed by atoms with Gasteiger partial charge in [0.2, 0.25) is 5.76 Å². The lowest BCUT2D eigenvalue weighted by atomic mass is 9.97. The first-order valence-electron chi connectivity index (χ1n) is 10.5. The van der Waals surface area contributed by atoms with E-state index >= 15 is 0 Å². The standard InChI is InChI=1S/C26H22N2O5/c1-15-6-8-19-18(11-15)24(29)22-23(17-7-9-20(31-2)21(12-17)32-3)28(26(30)25(22)33-19)14-16-5-4-10-27-13-16/h4-13,23H,14H2,1-3H3/t23-/m0/s1. The van der Waals surface area contributed by atoms with Crippen LogP contribution in [0.4, 0.5) is 0 Å². The Labute approximate surface area is 190 Å². The van der Waals surface area contributed by atoms with Crippen molar-refractivity contribution in [2.24, 2.45) is 0 Å². The number of ether oxygens (including phenoxy) is 2. The van der Waals surface area contributed by atoms with Gasteiger partial charge in [-0.1, -0.05) is 23.8 Å². The Bertz CT molecular complexity index is 1430. The zero-order valence-electron chi connectivity index (χ0n) is 18.5. The van der Waals surface area contributed by atoms with Crippen molar-refractivity contribution < 1.29 is 18.7 Å². The molecule has 0 spiro atoms. The summed E-state index contributed by atoms with van der Waals surface area (Å²) < 4.78 is 16.9. The Morgan fingerprint density at radius 1 is 1.03 bits per heavy atom. The molecule has 2 aromatic heterocycles. The zero-order chi connectivity index (χ0) is 23.1. The fourth-order valence-corrected chi connectivity index (χ4v) is 4.36. The van der Waals surface area contributed by atoms with E-state index in [2.05, 4.69) is 4.98 Å². The number of hydrogen-bond donors (Lipinski definition) is 0. The molecule has 0 radical (unpaired) electrons. The van der Waals surface area contributed by atoms with Crippen LogP contribution in [0, 0.1) is 6.92 Å². The van der Waals surface area contributed by atoms with Crippen molar-refractivity contribution in [1.82, 2.24) is 9.88 Å². The van der Waals surface area contributed by atoms with Crippen LogP contribution in [-0.4, -0.2) is 30.0 Å². The van der Waals surface area contributed by atoms with E-state index in [1.165, 1.54) is 0 Å². The highest BCUT2D eigenvalue weighted by molar-refractivity contribution is 5.99. The van der Waals surface area contributed by atoms with Gasteiger partial charge in [-0.2, -0.15) is 0 Å². The van der Waals surface area contributed by atoms with E-state index in [1.54, 1.807) is 55.8 Å². The fourth-order valence-electron chi connectivity index (χ4n) is 4.36. The molecule has 0 unspecified atom stereocenters. The highest BCUT2D eigenvalue weighted by Gasteiger charge is 2.43. The summed E-state index contributed by atoms with van der Waals surface area (Å²) in [6.45, 7) is 2.18. The van der Waals surface area contributed by atoms with Crippen molar-refractivity contribution in [2.75, 3.05) is 14.2 Å². The summed E-state index contributed by atoms with van der Waals surface area (Å²) in [4.78, 5) is 33.0. The van der Waals surface area contributed by atoms with E-state index < -0.39 is 6.04 Å². The van der Waals surface area contributed by atoms with Crippen LogP contribution in [-0.2, 0) is 6.54 Å². The minimum Gasteiger partial charge on any atom is -0.493 e. The average molecular weight is 442 g/mol. The van der Waals surface area contributed by atoms with Crippen LogP contribution in [0.3, 0.4) is 0 Å². The Kier molecular flexibility index (Phi) is 5.09. The second kappa shape index (κ2) is 8.09. The number of aryl methyl sites for hydroxylation is 1. The number of carbonyl (C=O) groups is 1. The van der Waals surface area contributed by atoms with Gasteiger partial charge in [-0.05, 0) is 48.4 Å². The maximum absolute atomic E-state index is 13.7. The molecule has 4 aromatic rings. The molecule has 166 valence electrons. The van der Waals surface area contributed by atoms with Crippen molar-refractivity contribution in [3.05, 3.63) is 99.2 Å².